The van der Waals surface area contributed by atoms with E-state index >= 15 is 0 Å². The summed E-state index contributed by atoms with van der Waals surface area (Å²) < 4.78 is 1.67. The summed E-state index contributed by atoms with van der Waals surface area (Å²) in [4.78, 5) is 22.9. The highest BCUT2D eigenvalue weighted by atomic mass is 32.2. The van der Waals surface area contributed by atoms with Crippen LogP contribution >= 0.6 is 23.1 Å². The number of aryl methyl sites for hydroxylation is 3. The summed E-state index contributed by atoms with van der Waals surface area (Å²) in [5.41, 5.74) is 3.64. The van der Waals surface area contributed by atoms with E-state index in [4.69, 9.17) is 0 Å². The molecule has 26 heavy (non-hydrogen) atoms. The molecule has 0 aliphatic carbocycles. The largest absolute Gasteiger partial charge is 0.309 e. The molecule has 3 aromatic rings. The minimum Gasteiger partial charge on any atom is -0.309 e. The Morgan fingerprint density at radius 2 is 1.92 bits per heavy atom. The van der Waals surface area contributed by atoms with Crippen LogP contribution in [-0.2, 0) is 4.79 Å². The molecule has 134 valence electrons. The Hall–Kier alpha value is -2.19. The van der Waals surface area contributed by atoms with E-state index < -0.39 is 0 Å². The van der Waals surface area contributed by atoms with E-state index in [1.807, 2.05) is 39.8 Å². The number of carbonyl (C=O) groups excluding carboxylic acids is 1. The lowest BCUT2D eigenvalue weighted by molar-refractivity contribution is -0.115. The predicted octanol–water partition coefficient (Wildman–Crippen LogP) is 3.81. The van der Waals surface area contributed by atoms with Gasteiger partial charge in [-0.1, -0.05) is 6.07 Å². The topological polar surface area (TPSA) is 72.7 Å². The van der Waals surface area contributed by atoms with Crippen molar-refractivity contribution in [3.8, 4) is 5.95 Å². The molecule has 6 nitrogen and oxygen atoms in total. The third-order valence-corrected chi connectivity index (χ3v) is 6.75. The molecule has 2 unspecified atom stereocenters. The average Bonchev–Trinajstić information content (AvgIpc) is 3.18. The number of carbonyl (C=O) groups is 1. The summed E-state index contributed by atoms with van der Waals surface area (Å²) in [7, 11) is 0. The van der Waals surface area contributed by atoms with Gasteiger partial charge < -0.3 is 5.32 Å². The molecule has 0 aromatic carbocycles. The molecule has 0 saturated carbocycles. The fraction of sp³-hybridized carbons (Fsp3) is 0.333. The van der Waals surface area contributed by atoms with Crippen molar-refractivity contribution in [2.45, 2.75) is 38.2 Å². The Morgan fingerprint density at radius 1 is 1.19 bits per heavy atom. The maximum Gasteiger partial charge on any atom is 0.252 e. The van der Waals surface area contributed by atoms with Gasteiger partial charge in [-0.2, -0.15) is 9.78 Å². The minimum atomic E-state index is -0.164. The maximum atomic E-state index is 12.6. The molecular formula is C18H19N5OS2. The molecule has 8 heteroatoms. The van der Waals surface area contributed by atoms with Gasteiger partial charge in [0.2, 0.25) is 5.91 Å². The number of nitrogens with zero attached hydrogens (tertiary/aromatic N) is 4. The molecule has 2 atom stereocenters. The van der Waals surface area contributed by atoms with E-state index in [1.54, 1.807) is 27.8 Å². The van der Waals surface area contributed by atoms with Crippen LogP contribution in [0.25, 0.3) is 5.95 Å². The highest BCUT2D eigenvalue weighted by molar-refractivity contribution is 8.01. The first-order valence-corrected chi connectivity index (χ1v) is 10.2. The molecule has 0 bridgehead atoms. The summed E-state index contributed by atoms with van der Waals surface area (Å²) in [6.45, 7) is 7.77. The second-order valence-corrected chi connectivity index (χ2v) is 8.80. The van der Waals surface area contributed by atoms with Crippen molar-refractivity contribution < 1.29 is 4.79 Å². The van der Waals surface area contributed by atoms with E-state index in [-0.39, 0.29) is 16.4 Å². The number of rotatable bonds is 2. The zero-order valence-electron chi connectivity index (χ0n) is 15.0. The number of hydrogen-bond acceptors (Lipinski definition) is 6. The van der Waals surface area contributed by atoms with Crippen molar-refractivity contribution >= 4 is 34.8 Å². The van der Waals surface area contributed by atoms with Gasteiger partial charge in [-0.15, -0.1) is 23.1 Å². The number of amides is 1. The smallest absolute Gasteiger partial charge is 0.252 e. The molecule has 1 N–H and O–H groups in total. The molecule has 1 amide bonds. The second-order valence-electron chi connectivity index (χ2n) is 6.37. The van der Waals surface area contributed by atoms with Crippen LogP contribution in [0.2, 0.25) is 0 Å². The Labute approximate surface area is 160 Å². The molecule has 4 heterocycles. The molecule has 0 spiro atoms. The number of anilines is 1. The maximum absolute atomic E-state index is 12.6. The highest BCUT2D eigenvalue weighted by Gasteiger charge is 2.34. The monoisotopic (exact) mass is 385 g/mol. The van der Waals surface area contributed by atoms with Gasteiger partial charge >= 0.3 is 0 Å². The molecular weight excluding hydrogens is 366 g/mol. The van der Waals surface area contributed by atoms with Crippen molar-refractivity contribution in [2.75, 3.05) is 5.32 Å². The zero-order chi connectivity index (χ0) is 18.4. The van der Waals surface area contributed by atoms with E-state index in [1.165, 1.54) is 4.88 Å². The van der Waals surface area contributed by atoms with Gasteiger partial charge in [0.1, 0.15) is 5.82 Å². The lowest BCUT2D eigenvalue weighted by Gasteiger charge is -2.15. The fourth-order valence-corrected chi connectivity index (χ4v) is 5.39. The normalized spacial score (nSPS) is 19.8. The Balaban J connectivity index is 1.93. The first kappa shape index (κ1) is 17.2. The van der Waals surface area contributed by atoms with Gasteiger partial charge in [-0.05, 0) is 45.2 Å². The van der Waals surface area contributed by atoms with Crippen molar-refractivity contribution in [3.63, 3.8) is 0 Å². The highest BCUT2D eigenvalue weighted by Crippen LogP contribution is 2.47. The third kappa shape index (κ3) is 2.93. The van der Waals surface area contributed by atoms with Crippen LogP contribution in [0.3, 0.4) is 0 Å². The number of thiophene rings is 1. The van der Waals surface area contributed by atoms with Crippen molar-refractivity contribution in [1.29, 1.82) is 0 Å². The number of thioether (sulfide) groups is 1. The SMILES string of the molecule is Cc1cc(C)nc(-n2nc(C)c3c2NC(=O)C(C)SC3c2cccs2)n1. The van der Waals surface area contributed by atoms with Crippen molar-refractivity contribution in [2.24, 2.45) is 0 Å². The molecule has 0 saturated heterocycles. The van der Waals surface area contributed by atoms with Crippen LogP contribution < -0.4 is 5.32 Å². The van der Waals surface area contributed by atoms with Crippen LogP contribution in [0.4, 0.5) is 5.82 Å². The number of aromatic nitrogens is 4. The summed E-state index contributed by atoms with van der Waals surface area (Å²) in [5.74, 6) is 1.13. The molecule has 4 rings (SSSR count). The van der Waals surface area contributed by atoms with E-state index in [0.29, 0.717) is 11.8 Å². The standard InChI is InChI=1S/C18H19N5OS2/c1-9-8-10(2)20-18(19-9)23-16-14(11(3)22-23)15(13-6-5-7-25-13)26-12(4)17(24)21-16/h5-8,12,15H,1-4H3,(H,21,24). The molecule has 0 fully saturated rings. The lowest BCUT2D eigenvalue weighted by Crippen LogP contribution is -2.23. The van der Waals surface area contributed by atoms with Gasteiger partial charge in [0, 0.05) is 21.8 Å². The quantitative estimate of drug-likeness (QED) is 0.726. The minimum absolute atomic E-state index is 0.0270. The van der Waals surface area contributed by atoms with Crippen LogP contribution in [0.1, 0.15) is 39.7 Å². The summed E-state index contributed by atoms with van der Waals surface area (Å²) in [6, 6.07) is 6.07. The number of fused-ring (bicyclic) bond motifs is 1. The Bertz CT molecular complexity index is 960. The second kappa shape index (κ2) is 6.51. The molecule has 1 aliphatic rings. The fourth-order valence-electron chi connectivity index (χ4n) is 3.12. The van der Waals surface area contributed by atoms with Gasteiger partial charge in [-0.3, -0.25) is 4.79 Å². The number of hydrogen-bond donors (Lipinski definition) is 1. The van der Waals surface area contributed by atoms with Gasteiger partial charge in [0.15, 0.2) is 0 Å². The van der Waals surface area contributed by atoms with E-state index in [0.717, 1.165) is 22.6 Å². The molecule has 1 aliphatic heterocycles. The first-order chi connectivity index (χ1) is 12.4. The van der Waals surface area contributed by atoms with Gasteiger partial charge in [0.05, 0.1) is 16.2 Å². The summed E-state index contributed by atoms with van der Waals surface area (Å²) in [6.07, 6.45) is 0. The predicted molar refractivity (Wildman–Crippen MR) is 105 cm³/mol. The zero-order valence-corrected chi connectivity index (χ0v) is 16.6. The first-order valence-electron chi connectivity index (χ1n) is 8.36. The van der Waals surface area contributed by atoms with Gasteiger partial charge in [0.25, 0.3) is 5.95 Å². The summed E-state index contributed by atoms with van der Waals surface area (Å²) >= 11 is 3.34. The van der Waals surface area contributed by atoms with E-state index in [9.17, 15) is 4.79 Å². The van der Waals surface area contributed by atoms with Crippen LogP contribution in [0.5, 0.6) is 0 Å². The van der Waals surface area contributed by atoms with Crippen molar-refractivity contribution in [3.05, 3.63) is 51.1 Å². The average molecular weight is 386 g/mol. The van der Waals surface area contributed by atoms with Crippen molar-refractivity contribution in [1.82, 2.24) is 19.7 Å². The van der Waals surface area contributed by atoms with E-state index in [2.05, 4.69) is 31.8 Å². The van der Waals surface area contributed by atoms with Gasteiger partial charge in [-0.25, -0.2) is 9.97 Å². The molecule has 3 aromatic heterocycles. The third-order valence-electron chi connectivity index (χ3n) is 4.28. The van der Waals surface area contributed by atoms with Crippen LogP contribution in [0.15, 0.2) is 23.6 Å². The van der Waals surface area contributed by atoms with Crippen LogP contribution in [-0.4, -0.2) is 30.9 Å². The number of nitrogens with one attached hydrogen (secondary N) is 1. The molecule has 0 radical (unpaired) electrons. The van der Waals surface area contributed by atoms with Crippen LogP contribution in [0, 0.1) is 20.8 Å². The summed E-state index contributed by atoms with van der Waals surface area (Å²) in [5, 5.41) is 9.68. The lowest BCUT2D eigenvalue weighted by atomic mass is 10.1. The Morgan fingerprint density at radius 3 is 2.58 bits per heavy atom. The Kier molecular flexibility index (Phi) is 4.32.